The second-order valence-corrected chi connectivity index (χ2v) is 5.53. The number of carbonyl (C=O) groups is 2. The summed E-state index contributed by atoms with van der Waals surface area (Å²) in [5.74, 6) is -1.39. The second kappa shape index (κ2) is 8.39. The molecule has 0 saturated heterocycles. The summed E-state index contributed by atoms with van der Waals surface area (Å²) in [5, 5.41) is 4.96. The molecular weight excluding hydrogens is 386 g/mol. The molecule has 2 rings (SSSR count). The van der Waals surface area contributed by atoms with Gasteiger partial charge < -0.3 is 15.4 Å². The molecule has 0 aliphatic carbocycles. The van der Waals surface area contributed by atoms with Crippen LogP contribution in [0.1, 0.15) is 10.4 Å². The first-order valence-corrected chi connectivity index (χ1v) is 7.62. The smallest absolute Gasteiger partial charge is 0.387 e. The molecule has 0 heterocycles. The van der Waals surface area contributed by atoms with Crippen LogP contribution in [0.5, 0.6) is 5.75 Å². The van der Waals surface area contributed by atoms with Crippen molar-refractivity contribution in [2.75, 3.05) is 11.9 Å². The maximum atomic E-state index is 12.3. The molecule has 0 aromatic heterocycles. The molecule has 0 radical (unpaired) electrons. The van der Waals surface area contributed by atoms with Gasteiger partial charge in [0.25, 0.3) is 5.91 Å². The van der Waals surface area contributed by atoms with Crippen LogP contribution in [0.4, 0.5) is 14.5 Å². The number of benzene rings is 2. The number of alkyl halides is 2. The number of carbonyl (C=O) groups excluding carboxylic acids is 2. The SMILES string of the molecule is O=C(CNC(=O)c1ccccc1OC(F)F)Nc1cccc(Br)c1. The van der Waals surface area contributed by atoms with Crippen LogP contribution in [-0.4, -0.2) is 25.0 Å². The normalized spacial score (nSPS) is 10.3. The highest BCUT2D eigenvalue weighted by atomic mass is 79.9. The van der Waals surface area contributed by atoms with E-state index >= 15 is 0 Å². The Labute approximate surface area is 145 Å². The highest BCUT2D eigenvalue weighted by Gasteiger charge is 2.16. The van der Waals surface area contributed by atoms with Crippen LogP contribution in [-0.2, 0) is 4.79 Å². The average molecular weight is 399 g/mol. The van der Waals surface area contributed by atoms with Gasteiger partial charge in [-0.1, -0.05) is 34.1 Å². The van der Waals surface area contributed by atoms with E-state index in [1.54, 1.807) is 24.3 Å². The minimum absolute atomic E-state index is 0.0759. The topological polar surface area (TPSA) is 67.4 Å². The number of hydrogen-bond donors (Lipinski definition) is 2. The lowest BCUT2D eigenvalue weighted by atomic mass is 10.2. The minimum atomic E-state index is -3.04. The van der Waals surface area contributed by atoms with Gasteiger partial charge in [0.1, 0.15) is 5.75 Å². The van der Waals surface area contributed by atoms with Gasteiger partial charge in [-0.3, -0.25) is 9.59 Å². The van der Waals surface area contributed by atoms with Crippen molar-refractivity contribution >= 4 is 33.4 Å². The predicted molar refractivity (Wildman–Crippen MR) is 88.2 cm³/mol. The van der Waals surface area contributed by atoms with Gasteiger partial charge in [-0.05, 0) is 30.3 Å². The molecule has 0 fully saturated rings. The van der Waals surface area contributed by atoms with Crippen molar-refractivity contribution in [2.24, 2.45) is 0 Å². The summed E-state index contributed by atoms with van der Waals surface area (Å²) in [6.07, 6.45) is 0. The summed E-state index contributed by atoms with van der Waals surface area (Å²) >= 11 is 3.28. The van der Waals surface area contributed by atoms with E-state index in [-0.39, 0.29) is 17.9 Å². The summed E-state index contributed by atoms with van der Waals surface area (Å²) < 4.78 is 29.7. The monoisotopic (exact) mass is 398 g/mol. The standard InChI is InChI=1S/C16H13BrF2N2O3/c17-10-4-3-5-11(8-10)21-14(22)9-20-15(23)12-6-1-2-7-13(12)24-16(18)19/h1-8,16H,9H2,(H,20,23)(H,21,22). The molecular formula is C16H13BrF2N2O3. The van der Waals surface area contributed by atoms with E-state index in [0.29, 0.717) is 5.69 Å². The Kier molecular flexibility index (Phi) is 6.25. The quantitative estimate of drug-likeness (QED) is 0.783. The zero-order valence-corrected chi connectivity index (χ0v) is 13.8. The molecule has 0 bridgehead atoms. The van der Waals surface area contributed by atoms with Crippen LogP contribution >= 0.6 is 15.9 Å². The van der Waals surface area contributed by atoms with Gasteiger partial charge >= 0.3 is 6.61 Å². The van der Waals surface area contributed by atoms with E-state index in [1.165, 1.54) is 24.3 Å². The lowest BCUT2D eigenvalue weighted by Gasteiger charge is -2.11. The first kappa shape index (κ1) is 17.9. The van der Waals surface area contributed by atoms with Crippen molar-refractivity contribution < 1.29 is 23.1 Å². The van der Waals surface area contributed by atoms with Crippen molar-refractivity contribution in [3.05, 3.63) is 58.6 Å². The Hall–Kier alpha value is -2.48. The van der Waals surface area contributed by atoms with Crippen LogP contribution in [0.15, 0.2) is 53.0 Å². The largest absolute Gasteiger partial charge is 0.434 e. The highest BCUT2D eigenvalue weighted by Crippen LogP contribution is 2.20. The van der Waals surface area contributed by atoms with Crippen molar-refractivity contribution in [1.29, 1.82) is 0 Å². The van der Waals surface area contributed by atoms with E-state index in [0.717, 1.165) is 4.47 Å². The van der Waals surface area contributed by atoms with Gasteiger partial charge in [0.2, 0.25) is 5.91 Å². The minimum Gasteiger partial charge on any atom is -0.434 e. The first-order valence-electron chi connectivity index (χ1n) is 6.83. The average Bonchev–Trinajstić information content (AvgIpc) is 2.52. The summed E-state index contributed by atoms with van der Waals surface area (Å²) in [6, 6.07) is 12.5. The lowest BCUT2D eigenvalue weighted by molar-refractivity contribution is -0.115. The van der Waals surface area contributed by atoms with E-state index < -0.39 is 18.4 Å². The van der Waals surface area contributed by atoms with Crippen molar-refractivity contribution in [3.63, 3.8) is 0 Å². The number of para-hydroxylation sites is 1. The van der Waals surface area contributed by atoms with E-state index in [2.05, 4.69) is 31.3 Å². The summed E-state index contributed by atoms with van der Waals surface area (Å²) in [6.45, 7) is -3.35. The van der Waals surface area contributed by atoms with Gasteiger partial charge in [-0.15, -0.1) is 0 Å². The molecule has 0 aliphatic heterocycles. The van der Waals surface area contributed by atoms with Crippen molar-refractivity contribution in [3.8, 4) is 5.75 Å². The number of anilines is 1. The predicted octanol–water partition coefficient (Wildman–Crippen LogP) is 3.42. The number of amides is 2. The molecule has 0 spiro atoms. The zero-order chi connectivity index (χ0) is 17.5. The van der Waals surface area contributed by atoms with Gasteiger partial charge in [-0.2, -0.15) is 8.78 Å². The molecule has 5 nitrogen and oxygen atoms in total. The fraction of sp³-hybridized carbons (Fsp3) is 0.125. The summed E-state index contributed by atoms with van der Waals surface area (Å²) in [4.78, 5) is 23.9. The summed E-state index contributed by atoms with van der Waals surface area (Å²) in [7, 11) is 0. The van der Waals surface area contributed by atoms with Crippen LogP contribution in [0.2, 0.25) is 0 Å². The second-order valence-electron chi connectivity index (χ2n) is 4.62. The van der Waals surface area contributed by atoms with Gasteiger partial charge in [0.15, 0.2) is 0 Å². The number of rotatable bonds is 6. The van der Waals surface area contributed by atoms with Crippen LogP contribution in [0, 0.1) is 0 Å². The Balaban J connectivity index is 1.94. The van der Waals surface area contributed by atoms with Gasteiger partial charge in [0, 0.05) is 10.2 Å². The molecule has 126 valence electrons. The summed E-state index contributed by atoms with van der Waals surface area (Å²) in [5.41, 5.74) is 0.484. The highest BCUT2D eigenvalue weighted by molar-refractivity contribution is 9.10. The van der Waals surface area contributed by atoms with Crippen molar-refractivity contribution in [1.82, 2.24) is 5.32 Å². The third kappa shape index (κ3) is 5.31. The van der Waals surface area contributed by atoms with E-state index in [4.69, 9.17) is 0 Å². The molecule has 0 aliphatic rings. The maximum absolute atomic E-state index is 12.3. The number of hydrogen-bond acceptors (Lipinski definition) is 3. The van der Waals surface area contributed by atoms with E-state index in [9.17, 15) is 18.4 Å². The van der Waals surface area contributed by atoms with Crippen LogP contribution < -0.4 is 15.4 Å². The maximum Gasteiger partial charge on any atom is 0.387 e. The number of halogens is 3. The fourth-order valence-corrected chi connectivity index (χ4v) is 2.28. The first-order chi connectivity index (χ1) is 11.5. The van der Waals surface area contributed by atoms with Crippen molar-refractivity contribution in [2.45, 2.75) is 6.61 Å². The molecule has 24 heavy (non-hydrogen) atoms. The Morgan fingerprint density at radius 2 is 1.88 bits per heavy atom. The lowest BCUT2D eigenvalue weighted by Crippen LogP contribution is -2.33. The third-order valence-corrected chi connectivity index (χ3v) is 3.36. The van der Waals surface area contributed by atoms with Gasteiger partial charge in [0.05, 0.1) is 12.1 Å². The molecule has 2 aromatic rings. The number of nitrogens with one attached hydrogen (secondary N) is 2. The Bertz CT molecular complexity index is 741. The Morgan fingerprint density at radius 1 is 1.12 bits per heavy atom. The molecule has 0 saturated carbocycles. The van der Waals surface area contributed by atoms with Gasteiger partial charge in [-0.25, -0.2) is 0 Å². The molecule has 0 atom stereocenters. The third-order valence-electron chi connectivity index (χ3n) is 2.87. The van der Waals surface area contributed by atoms with Crippen LogP contribution in [0.3, 0.4) is 0 Å². The fourth-order valence-electron chi connectivity index (χ4n) is 1.88. The van der Waals surface area contributed by atoms with Crippen LogP contribution in [0.25, 0.3) is 0 Å². The Morgan fingerprint density at radius 3 is 2.58 bits per heavy atom. The molecule has 2 amide bonds. The molecule has 2 aromatic carbocycles. The van der Waals surface area contributed by atoms with E-state index in [1.807, 2.05) is 0 Å². The zero-order valence-electron chi connectivity index (χ0n) is 12.3. The number of ether oxygens (including phenoxy) is 1. The molecule has 2 N–H and O–H groups in total. The molecule has 0 unspecified atom stereocenters. The molecule has 8 heteroatoms.